The van der Waals surface area contributed by atoms with Crippen molar-refractivity contribution in [1.82, 2.24) is 0 Å². The standard InChI is InChI=1S/C24H32O6S/c1-2-3-4-18-30-24(20-11-15-22(26)16-12-20)7-5-6-23(31(27,28)29)17-10-19-8-13-21(25)14-9-19/h5,7-9,11-16,23-26H,2-4,6,10,17-18H2,1H3,(H,27,28,29)/b7-5+/t23-,24+/m0/s1. The maximum Gasteiger partial charge on any atom is 0.268 e. The molecule has 0 fully saturated rings. The van der Waals surface area contributed by atoms with E-state index >= 15 is 0 Å². The number of allylic oxidation sites excluding steroid dienone is 1. The van der Waals surface area contributed by atoms with Crippen LogP contribution in [0.25, 0.3) is 0 Å². The molecule has 7 heteroatoms. The van der Waals surface area contributed by atoms with Crippen molar-refractivity contribution < 1.29 is 27.9 Å². The van der Waals surface area contributed by atoms with E-state index in [0.717, 1.165) is 30.4 Å². The maximum absolute atomic E-state index is 11.9. The van der Waals surface area contributed by atoms with Gasteiger partial charge in [-0.2, -0.15) is 8.42 Å². The molecule has 0 unspecified atom stereocenters. The molecule has 0 aliphatic rings. The molecule has 0 bridgehead atoms. The highest BCUT2D eigenvalue weighted by Gasteiger charge is 2.21. The van der Waals surface area contributed by atoms with Crippen LogP contribution >= 0.6 is 0 Å². The average molecular weight is 449 g/mol. The van der Waals surface area contributed by atoms with Crippen LogP contribution in [0.5, 0.6) is 11.5 Å². The summed E-state index contributed by atoms with van der Waals surface area (Å²) in [6, 6.07) is 13.3. The Morgan fingerprint density at radius 2 is 1.58 bits per heavy atom. The topological polar surface area (TPSA) is 104 Å². The van der Waals surface area contributed by atoms with Crippen LogP contribution in [0.15, 0.2) is 60.7 Å². The predicted molar refractivity (Wildman–Crippen MR) is 122 cm³/mol. The molecule has 0 aromatic heterocycles. The van der Waals surface area contributed by atoms with Crippen molar-refractivity contribution in [3.8, 4) is 11.5 Å². The summed E-state index contributed by atoms with van der Waals surface area (Å²) in [6.07, 6.45) is 7.13. The minimum atomic E-state index is -4.21. The van der Waals surface area contributed by atoms with Gasteiger partial charge in [-0.25, -0.2) is 0 Å². The molecule has 2 aromatic rings. The lowest BCUT2D eigenvalue weighted by Crippen LogP contribution is -2.20. The minimum absolute atomic E-state index is 0.150. The third-order valence-electron chi connectivity index (χ3n) is 5.09. The van der Waals surface area contributed by atoms with Crippen molar-refractivity contribution in [2.75, 3.05) is 6.61 Å². The zero-order chi connectivity index (χ0) is 22.7. The monoisotopic (exact) mass is 448 g/mol. The smallest absolute Gasteiger partial charge is 0.268 e. The van der Waals surface area contributed by atoms with Gasteiger partial charge in [0.05, 0.1) is 5.25 Å². The first kappa shape index (κ1) is 24.9. The number of hydrogen-bond donors (Lipinski definition) is 3. The van der Waals surface area contributed by atoms with E-state index in [1.807, 2.05) is 0 Å². The summed E-state index contributed by atoms with van der Waals surface area (Å²) in [6.45, 7) is 2.69. The molecule has 0 saturated carbocycles. The fourth-order valence-electron chi connectivity index (χ4n) is 3.22. The van der Waals surface area contributed by atoms with Gasteiger partial charge < -0.3 is 14.9 Å². The summed E-state index contributed by atoms with van der Waals surface area (Å²) < 4.78 is 39.3. The van der Waals surface area contributed by atoms with E-state index in [9.17, 15) is 23.2 Å². The van der Waals surface area contributed by atoms with Crippen LogP contribution in [0, 0.1) is 0 Å². The Kier molecular flexibility index (Phi) is 10.0. The summed E-state index contributed by atoms with van der Waals surface area (Å²) >= 11 is 0. The molecule has 0 spiro atoms. The van der Waals surface area contributed by atoms with Gasteiger partial charge in [0.2, 0.25) is 0 Å². The number of benzene rings is 2. The van der Waals surface area contributed by atoms with Crippen LogP contribution in [-0.2, 0) is 21.3 Å². The first-order valence-corrected chi connectivity index (χ1v) is 12.1. The summed E-state index contributed by atoms with van der Waals surface area (Å²) in [5.74, 6) is 0.315. The third-order valence-corrected chi connectivity index (χ3v) is 6.36. The molecule has 170 valence electrons. The molecule has 3 N–H and O–H groups in total. The van der Waals surface area contributed by atoms with E-state index in [0.29, 0.717) is 13.0 Å². The van der Waals surface area contributed by atoms with Gasteiger partial charge in [-0.1, -0.05) is 56.2 Å². The van der Waals surface area contributed by atoms with Gasteiger partial charge in [-0.15, -0.1) is 0 Å². The Hall–Kier alpha value is -2.35. The van der Waals surface area contributed by atoms with Gasteiger partial charge in [-0.05, 0) is 61.1 Å². The minimum Gasteiger partial charge on any atom is -0.508 e. The Labute approximate surface area is 185 Å². The largest absolute Gasteiger partial charge is 0.508 e. The fraction of sp³-hybridized carbons (Fsp3) is 0.417. The lowest BCUT2D eigenvalue weighted by Gasteiger charge is -2.16. The zero-order valence-corrected chi connectivity index (χ0v) is 18.7. The third kappa shape index (κ3) is 9.12. The summed E-state index contributed by atoms with van der Waals surface area (Å²) in [5.41, 5.74) is 1.75. The van der Waals surface area contributed by atoms with Crippen LogP contribution in [0.3, 0.4) is 0 Å². The highest BCUT2D eigenvalue weighted by atomic mass is 32.2. The van der Waals surface area contributed by atoms with Crippen molar-refractivity contribution in [3.05, 3.63) is 71.8 Å². The van der Waals surface area contributed by atoms with Gasteiger partial charge in [0.25, 0.3) is 10.1 Å². The number of aromatic hydroxyl groups is 2. The Balaban J connectivity index is 2.04. The molecular weight excluding hydrogens is 416 g/mol. The van der Waals surface area contributed by atoms with Crippen molar-refractivity contribution >= 4 is 10.1 Å². The van der Waals surface area contributed by atoms with Crippen LogP contribution in [-0.4, -0.2) is 35.0 Å². The lowest BCUT2D eigenvalue weighted by atomic mass is 10.0. The summed E-state index contributed by atoms with van der Waals surface area (Å²) in [7, 11) is -4.21. The van der Waals surface area contributed by atoms with Crippen molar-refractivity contribution in [1.29, 1.82) is 0 Å². The number of rotatable bonds is 13. The first-order valence-electron chi connectivity index (χ1n) is 10.6. The quantitative estimate of drug-likeness (QED) is 0.222. The Morgan fingerprint density at radius 3 is 2.16 bits per heavy atom. The predicted octanol–water partition coefficient (Wildman–Crippen LogP) is 5.18. The SMILES string of the molecule is CCCCCO[C@H](/C=C/C[C@@H](CCc1ccc(O)cc1)S(=O)(=O)O)c1ccc(O)cc1. The number of aryl methyl sites for hydroxylation is 1. The highest BCUT2D eigenvalue weighted by molar-refractivity contribution is 7.86. The number of hydrogen-bond acceptors (Lipinski definition) is 5. The molecule has 0 aliphatic heterocycles. The van der Waals surface area contributed by atoms with E-state index in [2.05, 4.69) is 6.92 Å². The molecule has 2 atom stereocenters. The Bertz CT molecular complexity index is 904. The van der Waals surface area contributed by atoms with Crippen LogP contribution in [0.2, 0.25) is 0 Å². The molecule has 0 heterocycles. The fourth-order valence-corrected chi connectivity index (χ4v) is 3.99. The number of phenols is 2. The first-order chi connectivity index (χ1) is 14.8. The second-order valence-corrected chi connectivity index (χ2v) is 9.29. The molecule has 0 aliphatic carbocycles. The van der Waals surface area contributed by atoms with Crippen LogP contribution < -0.4 is 0 Å². The van der Waals surface area contributed by atoms with E-state index < -0.39 is 15.4 Å². The van der Waals surface area contributed by atoms with Crippen LogP contribution in [0.4, 0.5) is 0 Å². The van der Waals surface area contributed by atoms with Gasteiger partial charge in [0.1, 0.15) is 17.6 Å². The molecule has 0 radical (unpaired) electrons. The van der Waals surface area contributed by atoms with Crippen molar-refractivity contribution in [3.63, 3.8) is 0 Å². The molecule has 6 nitrogen and oxygen atoms in total. The van der Waals surface area contributed by atoms with Crippen LogP contribution in [0.1, 0.15) is 56.3 Å². The Morgan fingerprint density at radius 1 is 0.968 bits per heavy atom. The second kappa shape index (κ2) is 12.5. The summed E-state index contributed by atoms with van der Waals surface area (Å²) in [5, 5.41) is 18.0. The summed E-state index contributed by atoms with van der Waals surface area (Å²) in [4.78, 5) is 0. The lowest BCUT2D eigenvalue weighted by molar-refractivity contribution is 0.0819. The van der Waals surface area contributed by atoms with Gasteiger partial charge in [0.15, 0.2) is 0 Å². The number of phenolic OH excluding ortho intramolecular Hbond substituents is 2. The number of ether oxygens (including phenoxy) is 1. The van der Waals surface area contributed by atoms with Gasteiger partial charge >= 0.3 is 0 Å². The molecule has 2 rings (SSSR count). The van der Waals surface area contributed by atoms with Gasteiger partial charge in [-0.3, -0.25) is 4.55 Å². The molecule has 31 heavy (non-hydrogen) atoms. The average Bonchev–Trinajstić information content (AvgIpc) is 2.73. The molecule has 0 saturated heterocycles. The van der Waals surface area contributed by atoms with E-state index in [1.165, 1.54) is 0 Å². The van der Waals surface area contributed by atoms with E-state index in [1.54, 1.807) is 60.7 Å². The highest BCUT2D eigenvalue weighted by Crippen LogP contribution is 2.23. The van der Waals surface area contributed by atoms with E-state index in [4.69, 9.17) is 4.74 Å². The van der Waals surface area contributed by atoms with Crippen molar-refractivity contribution in [2.24, 2.45) is 0 Å². The zero-order valence-electron chi connectivity index (χ0n) is 17.9. The number of unbranched alkanes of at least 4 members (excludes halogenated alkanes) is 2. The molecule has 2 aromatic carbocycles. The van der Waals surface area contributed by atoms with E-state index in [-0.39, 0.29) is 30.4 Å². The normalized spacial score (nSPS) is 14.0. The molecular formula is C24H32O6S. The van der Waals surface area contributed by atoms with Crippen molar-refractivity contribution in [2.45, 2.75) is 56.8 Å². The molecule has 0 amide bonds. The second-order valence-electron chi connectivity index (χ2n) is 7.60. The van der Waals surface area contributed by atoms with Gasteiger partial charge in [0, 0.05) is 6.61 Å². The maximum atomic E-state index is 11.9.